The number of hydrogen-bond acceptors (Lipinski definition) is 7. The average molecular weight is 371 g/mol. The van der Waals surface area contributed by atoms with Gasteiger partial charge in [0, 0.05) is 11.8 Å². The fourth-order valence-corrected chi connectivity index (χ4v) is 2.39. The zero-order valence-corrected chi connectivity index (χ0v) is 14.5. The van der Waals surface area contributed by atoms with Gasteiger partial charge in [0.15, 0.2) is 18.1 Å². The summed E-state index contributed by atoms with van der Waals surface area (Å²) in [7, 11) is 1.27. The first-order chi connectivity index (χ1) is 13.1. The first-order valence-corrected chi connectivity index (χ1v) is 8.12. The van der Waals surface area contributed by atoms with E-state index in [2.05, 4.69) is 10.1 Å². The summed E-state index contributed by atoms with van der Waals surface area (Å²) in [6, 6.07) is 10.7. The number of carbonyl (C=O) groups is 3. The molecule has 8 nitrogen and oxygen atoms in total. The predicted molar refractivity (Wildman–Crippen MR) is 94.1 cm³/mol. The molecular weight excluding hydrogens is 354 g/mol. The zero-order chi connectivity index (χ0) is 19.2. The Kier molecular flexibility index (Phi) is 5.55. The second-order valence-electron chi connectivity index (χ2n) is 5.55. The minimum absolute atomic E-state index is 0.217. The first kappa shape index (κ1) is 18.2. The van der Waals surface area contributed by atoms with Gasteiger partial charge in [-0.25, -0.2) is 9.59 Å². The molecule has 0 atom stereocenters. The van der Waals surface area contributed by atoms with E-state index in [-0.39, 0.29) is 5.56 Å². The maximum absolute atomic E-state index is 12.0. The lowest BCUT2D eigenvalue weighted by Gasteiger charge is -2.19. The van der Waals surface area contributed by atoms with Crippen molar-refractivity contribution in [3.8, 4) is 11.5 Å². The summed E-state index contributed by atoms with van der Waals surface area (Å²) in [6.07, 6.45) is 0. The van der Waals surface area contributed by atoms with Gasteiger partial charge >= 0.3 is 11.9 Å². The molecule has 27 heavy (non-hydrogen) atoms. The number of esters is 2. The van der Waals surface area contributed by atoms with Crippen LogP contribution in [-0.2, 0) is 14.3 Å². The van der Waals surface area contributed by atoms with Crippen LogP contribution in [0.3, 0.4) is 0 Å². The summed E-state index contributed by atoms with van der Waals surface area (Å²) in [5.41, 5.74) is 1.03. The summed E-state index contributed by atoms with van der Waals surface area (Å²) >= 11 is 0. The van der Waals surface area contributed by atoms with Gasteiger partial charge in [0.25, 0.3) is 5.91 Å². The van der Waals surface area contributed by atoms with Crippen LogP contribution in [-0.4, -0.2) is 44.8 Å². The van der Waals surface area contributed by atoms with Crippen LogP contribution in [0.2, 0.25) is 0 Å². The number of amides is 1. The van der Waals surface area contributed by atoms with E-state index in [1.165, 1.54) is 31.4 Å². The molecule has 1 amide bonds. The Bertz CT molecular complexity index is 861. The third kappa shape index (κ3) is 4.55. The maximum Gasteiger partial charge on any atom is 0.338 e. The number of benzene rings is 2. The smallest absolute Gasteiger partial charge is 0.338 e. The number of fused-ring (bicyclic) bond motifs is 1. The van der Waals surface area contributed by atoms with Crippen molar-refractivity contribution in [1.82, 2.24) is 0 Å². The molecular formula is C19H17NO7. The third-order valence-corrected chi connectivity index (χ3v) is 3.70. The molecule has 0 spiro atoms. The topological polar surface area (TPSA) is 100 Å². The number of anilines is 1. The van der Waals surface area contributed by atoms with E-state index >= 15 is 0 Å². The lowest BCUT2D eigenvalue weighted by Crippen LogP contribution is -2.21. The maximum atomic E-state index is 12.0. The van der Waals surface area contributed by atoms with Crippen LogP contribution >= 0.6 is 0 Å². The van der Waals surface area contributed by atoms with Gasteiger partial charge in [-0.15, -0.1) is 0 Å². The molecule has 2 aromatic carbocycles. The van der Waals surface area contributed by atoms with Crippen LogP contribution in [0.25, 0.3) is 0 Å². The molecule has 1 heterocycles. The average Bonchev–Trinajstić information content (AvgIpc) is 2.71. The SMILES string of the molecule is COC(=O)c1ccc(C(=O)OCC(=O)Nc2ccc3c(c2)OCCO3)cc1. The van der Waals surface area contributed by atoms with Crippen molar-refractivity contribution in [1.29, 1.82) is 0 Å². The Labute approximate surface area is 155 Å². The highest BCUT2D eigenvalue weighted by Crippen LogP contribution is 2.32. The van der Waals surface area contributed by atoms with Gasteiger partial charge in [-0.05, 0) is 36.4 Å². The van der Waals surface area contributed by atoms with Gasteiger partial charge in [0.05, 0.1) is 18.2 Å². The van der Waals surface area contributed by atoms with Gasteiger partial charge < -0.3 is 24.3 Å². The molecule has 0 radical (unpaired) electrons. The molecule has 0 bridgehead atoms. The Morgan fingerprint density at radius 1 is 0.926 bits per heavy atom. The number of rotatable bonds is 5. The van der Waals surface area contributed by atoms with Crippen molar-refractivity contribution in [3.05, 3.63) is 53.6 Å². The summed E-state index contributed by atoms with van der Waals surface area (Å²) in [5, 5.41) is 2.62. The Balaban J connectivity index is 1.52. The molecule has 0 aliphatic carbocycles. The highest BCUT2D eigenvalue weighted by atomic mass is 16.6. The standard InChI is InChI=1S/C19H17NO7/c1-24-18(22)12-2-4-13(5-3-12)19(23)27-11-17(21)20-14-6-7-15-16(10-14)26-9-8-25-15/h2-7,10H,8-9,11H2,1H3,(H,20,21). The fraction of sp³-hybridized carbons (Fsp3) is 0.211. The molecule has 2 aromatic rings. The molecule has 1 N–H and O–H groups in total. The normalized spacial score (nSPS) is 12.0. The van der Waals surface area contributed by atoms with Gasteiger partial charge in [0.2, 0.25) is 0 Å². The molecule has 1 aliphatic rings. The third-order valence-electron chi connectivity index (χ3n) is 3.70. The monoisotopic (exact) mass is 371 g/mol. The Morgan fingerprint density at radius 3 is 2.22 bits per heavy atom. The van der Waals surface area contributed by atoms with E-state index < -0.39 is 24.5 Å². The first-order valence-electron chi connectivity index (χ1n) is 8.12. The number of hydrogen-bond donors (Lipinski definition) is 1. The summed E-state index contributed by atoms with van der Waals surface area (Å²) in [5.74, 6) is -0.522. The van der Waals surface area contributed by atoms with Crippen molar-refractivity contribution in [2.24, 2.45) is 0 Å². The molecule has 8 heteroatoms. The molecule has 0 saturated carbocycles. The molecule has 0 fully saturated rings. The lowest BCUT2D eigenvalue weighted by molar-refractivity contribution is -0.119. The van der Waals surface area contributed by atoms with E-state index in [1.54, 1.807) is 18.2 Å². The van der Waals surface area contributed by atoms with Crippen LogP contribution in [0.4, 0.5) is 5.69 Å². The highest BCUT2D eigenvalue weighted by molar-refractivity contribution is 5.96. The van der Waals surface area contributed by atoms with Crippen LogP contribution in [0.5, 0.6) is 11.5 Å². The van der Waals surface area contributed by atoms with Crippen LogP contribution < -0.4 is 14.8 Å². The molecule has 3 rings (SSSR count). The van der Waals surface area contributed by atoms with E-state index in [0.29, 0.717) is 36.0 Å². The minimum Gasteiger partial charge on any atom is -0.486 e. The van der Waals surface area contributed by atoms with Crippen molar-refractivity contribution in [3.63, 3.8) is 0 Å². The van der Waals surface area contributed by atoms with Gasteiger partial charge in [-0.2, -0.15) is 0 Å². The van der Waals surface area contributed by atoms with Gasteiger partial charge in [0.1, 0.15) is 13.2 Å². The van der Waals surface area contributed by atoms with Crippen molar-refractivity contribution >= 4 is 23.5 Å². The number of nitrogens with one attached hydrogen (secondary N) is 1. The summed E-state index contributed by atoms with van der Waals surface area (Å²) in [6.45, 7) is 0.470. The molecule has 0 unspecified atom stereocenters. The summed E-state index contributed by atoms with van der Waals surface area (Å²) in [4.78, 5) is 35.3. The molecule has 1 aliphatic heterocycles. The van der Waals surface area contributed by atoms with Gasteiger partial charge in [-0.3, -0.25) is 4.79 Å². The second kappa shape index (κ2) is 8.22. The zero-order valence-electron chi connectivity index (χ0n) is 14.5. The molecule has 0 aromatic heterocycles. The van der Waals surface area contributed by atoms with Crippen molar-refractivity contribution < 1.29 is 33.3 Å². The number of methoxy groups -OCH3 is 1. The molecule has 0 saturated heterocycles. The summed E-state index contributed by atoms with van der Waals surface area (Å²) < 4.78 is 20.4. The van der Waals surface area contributed by atoms with Crippen LogP contribution in [0, 0.1) is 0 Å². The van der Waals surface area contributed by atoms with Gasteiger partial charge in [-0.1, -0.05) is 0 Å². The van der Waals surface area contributed by atoms with Crippen molar-refractivity contribution in [2.45, 2.75) is 0 Å². The second-order valence-corrected chi connectivity index (χ2v) is 5.55. The fourth-order valence-electron chi connectivity index (χ4n) is 2.39. The van der Waals surface area contributed by atoms with Crippen molar-refractivity contribution in [2.75, 3.05) is 32.2 Å². The lowest BCUT2D eigenvalue weighted by atomic mass is 10.1. The number of ether oxygens (including phenoxy) is 4. The van der Waals surface area contributed by atoms with Crippen LogP contribution in [0.15, 0.2) is 42.5 Å². The number of carbonyl (C=O) groups excluding carboxylic acids is 3. The van der Waals surface area contributed by atoms with E-state index in [9.17, 15) is 14.4 Å². The Morgan fingerprint density at radius 2 is 1.56 bits per heavy atom. The predicted octanol–water partition coefficient (Wildman–Crippen LogP) is 2.04. The largest absolute Gasteiger partial charge is 0.486 e. The van der Waals surface area contributed by atoms with E-state index in [4.69, 9.17) is 14.2 Å². The Hall–Kier alpha value is -3.55. The van der Waals surface area contributed by atoms with Crippen LogP contribution in [0.1, 0.15) is 20.7 Å². The van der Waals surface area contributed by atoms with E-state index in [0.717, 1.165) is 0 Å². The van der Waals surface area contributed by atoms with E-state index in [1.807, 2.05) is 0 Å². The highest BCUT2D eigenvalue weighted by Gasteiger charge is 2.15. The molecule has 140 valence electrons. The quantitative estimate of drug-likeness (QED) is 0.803. The minimum atomic E-state index is -0.677.